The van der Waals surface area contributed by atoms with Crippen LogP contribution in [0.4, 0.5) is 0 Å². The molecule has 110 valence electrons. The predicted molar refractivity (Wildman–Crippen MR) is 88.1 cm³/mol. The Morgan fingerprint density at radius 1 is 0.286 bits per heavy atom. The van der Waals surface area contributed by atoms with Gasteiger partial charge in [-0.15, -0.1) is 0 Å². The van der Waals surface area contributed by atoms with Gasteiger partial charge in [-0.25, -0.2) is 48.5 Å². The minimum atomic E-state index is 0. The average molecular weight is 455 g/mol. The zero-order chi connectivity index (χ0) is 14.1. The van der Waals surface area contributed by atoms with Crippen LogP contribution in [-0.4, -0.2) is 0 Å². The summed E-state index contributed by atoms with van der Waals surface area (Å²) in [4.78, 5) is 0. The topological polar surface area (TPSA) is 0 Å². The molecule has 1 heteroatoms. The quantitative estimate of drug-likeness (QED) is 0.302. The molecular formula is C20H20Pt. The summed E-state index contributed by atoms with van der Waals surface area (Å²) in [5, 5.41) is 0. The van der Waals surface area contributed by atoms with E-state index in [-0.39, 0.29) is 21.1 Å². The molecule has 0 saturated carbocycles. The molecule has 0 unspecified atom stereocenters. The van der Waals surface area contributed by atoms with Gasteiger partial charge in [0.15, 0.2) is 0 Å². The van der Waals surface area contributed by atoms with Gasteiger partial charge in [0.25, 0.3) is 0 Å². The van der Waals surface area contributed by atoms with Gasteiger partial charge in [0.1, 0.15) is 0 Å². The van der Waals surface area contributed by atoms with Crippen LogP contribution in [0.25, 0.3) is 0 Å². The summed E-state index contributed by atoms with van der Waals surface area (Å²) >= 11 is 0. The van der Waals surface area contributed by atoms with Crippen molar-refractivity contribution in [3.63, 3.8) is 0 Å². The van der Waals surface area contributed by atoms with Crippen molar-refractivity contribution in [2.45, 2.75) is 0 Å². The molecule has 0 nitrogen and oxygen atoms in total. The normalized spacial score (nSPS) is 7.62. The van der Waals surface area contributed by atoms with Crippen molar-refractivity contribution in [3.8, 4) is 0 Å². The van der Waals surface area contributed by atoms with Gasteiger partial charge in [0.2, 0.25) is 0 Å². The maximum atomic E-state index is 2.00. The molecule has 0 saturated heterocycles. The Kier molecular flexibility index (Phi) is 14.7. The Balaban J connectivity index is 0.000000250. The Morgan fingerprint density at radius 3 is 0.476 bits per heavy atom. The largest absolute Gasteiger partial charge is 4.00 e. The van der Waals surface area contributed by atoms with Crippen LogP contribution < -0.4 is 0 Å². The van der Waals surface area contributed by atoms with Crippen molar-refractivity contribution in [2.75, 3.05) is 0 Å². The van der Waals surface area contributed by atoms with E-state index >= 15 is 0 Å². The third-order valence-corrected chi connectivity index (χ3v) is 2.22. The van der Waals surface area contributed by atoms with Crippen LogP contribution in [0.5, 0.6) is 0 Å². The molecule has 21 heavy (non-hydrogen) atoms. The molecular weight excluding hydrogens is 435 g/mol. The fourth-order valence-corrected chi connectivity index (χ4v) is 1.28. The summed E-state index contributed by atoms with van der Waals surface area (Å²) in [6.07, 6.45) is 0. The van der Waals surface area contributed by atoms with Crippen LogP contribution in [-0.2, 0) is 21.1 Å². The summed E-state index contributed by atoms with van der Waals surface area (Å²) in [7, 11) is 0. The smallest absolute Gasteiger partial charge is 0.214 e. The van der Waals surface area contributed by atoms with Gasteiger partial charge in [0.05, 0.1) is 0 Å². The van der Waals surface area contributed by atoms with Crippen LogP contribution in [0.2, 0.25) is 0 Å². The summed E-state index contributed by atoms with van der Waals surface area (Å²) in [6.45, 7) is 0. The van der Waals surface area contributed by atoms with Gasteiger partial charge in [-0.2, -0.15) is 72.8 Å². The van der Waals surface area contributed by atoms with Crippen molar-refractivity contribution >= 4 is 0 Å². The fourth-order valence-electron chi connectivity index (χ4n) is 1.28. The summed E-state index contributed by atoms with van der Waals surface area (Å²) in [5.41, 5.74) is 0. The second-order valence-electron chi connectivity index (χ2n) is 3.85. The average Bonchev–Trinajstić information content (AvgIpc) is 3.40. The molecule has 0 amide bonds. The molecule has 0 heterocycles. The van der Waals surface area contributed by atoms with E-state index in [0.29, 0.717) is 0 Å². The van der Waals surface area contributed by atoms with Crippen LogP contribution in [0.15, 0.2) is 121 Å². The van der Waals surface area contributed by atoms with Gasteiger partial charge in [0, 0.05) is 0 Å². The molecule has 4 aromatic rings. The van der Waals surface area contributed by atoms with Crippen LogP contribution >= 0.6 is 0 Å². The maximum Gasteiger partial charge on any atom is 4.00 e. The third kappa shape index (κ3) is 14.3. The van der Waals surface area contributed by atoms with E-state index in [1.807, 2.05) is 121 Å². The Morgan fingerprint density at radius 2 is 0.429 bits per heavy atom. The number of hydrogen-bond donors (Lipinski definition) is 0. The first-order valence-corrected chi connectivity index (χ1v) is 6.67. The molecule has 0 aliphatic heterocycles. The molecule has 0 spiro atoms. The van der Waals surface area contributed by atoms with E-state index in [1.54, 1.807) is 0 Å². The molecule has 0 aliphatic carbocycles. The fraction of sp³-hybridized carbons (Fsp3) is 0. The molecule has 0 bridgehead atoms. The first kappa shape index (κ1) is 19.1. The van der Waals surface area contributed by atoms with E-state index < -0.39 is 0 Å². The van der Waals surface area contributed by atoms with E-state index in [9.17, 15) is 0 Å². The minimum Gasteiger partial charge on any atom is -0.214 e. The molecule has 4 aromatic carbocycles. The van der Waals surface area contributed by atoms with Crippen LogP contribution in [0, 0.1) is 0 Å². The Labute approximate surface area is 142 Å². The van der Waals surface area contributed by atoms with E-state index in [2.05, 4.69) is 0 Å². The zero-order valence-electron chi connectivity index (χ0n) is 11.9. The minimum absolute atomic E-state index is 0. The number of rotatable bonds is 0. The maximum absolute atomic E-state index is 2.00. The monoisotopic (exact) mass is 455 g/mol. The molecule has 0 fully saturated rings. The SMILES string of the molecule is [Pt+4].c1cc[cH-]c1.c1cc[cH-]c1.c1cc[cH-]c1.c1cc[cH-]c1. The Bertz CT molecular complexity index is 337. The molecule has 0 atom stereocenters. The molecule has 0 N–H and O–H groups in total. The summed E-state index contributed by atoms with van der Waals surface area (Å²) < 4.78 is 0. The second-order valence-corrected chi connectivity index (χ2v) is 3.85. The predicted octanol–water partition coefficient (Wildman–Crippen LogP) is 5.62. The van der Waals surface area contributed by atoms with Crippen molar-refractivity contribution < 1.29 is 21.1 Å². The van der Waals surface area contributed by atoms with Crippen molar-refractivity contribution in [3.05, 3.63) is 121 Å². The zero-order valence-corrected chi connectivity index (χ0v) is 14.1. The molecule has 0 aromatic heterocycles. The Hall–Kier alpha value is -1.91. The van der Waals surface area contributed by atoms with E-state index in [1.165, 1.54) is 0 Å². The molecule has 0 radical (unpaired) electrons. The summed E-state index contributed by atoms with van der Waals surface area (Å²) in [6, 6.07) is 40.0. The summed E-state index contributed by atoms with van der Waals surface area (Å²) in [5.74, 6) is 0. The van der Waals surface area contributed by atoms with Gasteiger partial charge in [-0.1, -0.05) is 0 Å². The van der Waals surface area contributed by atoms with E-state index in [4.69, 9.17) is 0 Å². The van der Waals surface area contributed by atoms with Gasteiger partial charge < -0.3 is 0 Å². The van der Waals surface area contributed by atoms with Crippen LogP contribution in [0.1, 0.15) is 0 Å². The van der Waals surface area contributed by atoms with Crippen molar-refractivity contribution in [2.24, 2.45) is 0 Å². The van der Waals surface area contributed by atoms with Gasteiger partial charge >= 0.3 is 21.1 Å². The van der Waals surface area contributed by atoms with Gasteiger partial charge in [-0.3, -0.25) is 0 Å². The first-order valence-electron chi connectivity index (χ1n) is 6.67. The number of hydrogen-bond acceptors (Lipinski definition) is 0. The second kappa shape index (κ2) is 16.1. The first-order chi connectivity index (χ1) is 10.0. The van der Waals surface area contributed by atoms with Crippen LogP contribution in [0.3, 0.4) is 0 Å². The van der Waals surface area contributed by atoms with E-state index in [0.717, 1.165) is 0 Å². The van der Waals surface area contributed by atoms with Crippen molar-refractivity contribution in [1.82, 2.24) is 0 Å². The van der Waals surface area contributed by atoms with Gasteiger partial charge in [-0.05, 0) is 0 Å². The molecule has 4 rings (SSSR count). The standard InChI is InChI=1S/4C5H5.Pt/c4*1-2-4-5-3-1;/h4*1-5H;/q4*-1;+4. The third-order valence-electron chi connectivity index (χ3n) is 2.22. The van der Waals surface area contributed by atoms with Crippen molar-refractivity contribution in [1.29, 1.82) is 0 Å². The molecule has 0 aliphatic rings.